The van der Waals surface area contributed by atoms with Crippen LogP contribution >= 0.6 is 0 Å². The van der Waals surface area contributed by atoms with Crippen molar-refractivity contribution in [3.63, 3.8) is 0 Å². The first-order valence-corrected chi connectivity index (χ1v) is 10.8. The Morgan fingerprint density at radius 1 is 1.32 bits per heavy atom. The standard InChI is InChI=1S/C24H28N4O3/c1-24-11-6-12-27(2)19(13-15-9-10-16(29)14-17(15)24)21(24)28(3)23(30)26-22-25-18-7-4-5-8-20(18)31-22/h4-5,7-10,14,19,21,29H,6,11-13H2,1-3H3,(H,25,26,30)/t19-,21+,24+/m1/s1. The average molecular weight is 421 g/mol. The predicted molar refractivity (Wildman–Crippen MR) is 119 cm³/mol. The molecular formula is C24H28N4O3. The van der Waals surface area contributed by atoms with Gasteiger partial charge in [-0.1, -0.05) is 25.1 Å². The van der Waals surface area contributed by atoms with E-state index in [9.17, 15) is 9.90 Å². The van der Waals surface area contributed by atoms with Gasteiger partial charge in [-0.05, 0) is 68.2 Å². The van der Waals surface area contributed by atoms with Crippen molar-refractivity contribution in [2.24, 2.45) is 0 Å². The third kappa shape index (κ3) is 3.24. The van der Waals surface area contributed by atoms with E-state index in [2.05, 4.69) is 29.2 Å². The van der Waals surface area contributed by atoms with Gasteiger partial charge in [-0.15, -0.1) is 0 Å². The third-order valence-electron chi connectivity index (χ3n) is 7.17. The van der Waals surface area contributed by atoms with Crippen molar-refractivity contribution in [2.45, 2.75) is 43.7 Å². The predicted octanol–water partition coefficient (Wildman–Crippen LogP) is 3.97. The fourth-order valence-electron chi connectivity index (χ4n) is 5.65. The number of amides is 2. The Kier molecular flexibility index (Phi) is 4.66. The largest absolute Gasteiger partial charge is 0.508 e. The topological polar surface area (TPSA) is 81.8 Å². The molecule has 2 amide bonds. The first kappa shape index (κ1) is 19.9. The van der Waals surface area contributed by atoms with Crippen molar-refractivity contribution in [3.05, 3.63) is 53.6 Å². The summed E-state index contributed by atoms with van der Waals surface area (Å²) in [6.07, 6.45) is 2.82. The van der Waals surface area contributed by atoms with E-state index in [4.69, 9.17) is 4.42 Å². The van der Waals surface area contributed by atoms with E-state index < -0.39 is 0 Å². The van der Waals surface area contributed by atoms with Crippen LogP contribution in [0.2, 0.25) is 0 Å². The summed E-state index contributed by atoms with van der Waals surface area (Å²) in [6, 6.07) is 13.2. The molecule has 1 aliphatic carbocycles. The number of oxazole rings is 1. The second-order valence-electron chi connectivity index (χ2n) is 9.09. The number of likely N-dealkylation sites (tertiary alicyclic amines) is 1. The number of aromatic hydroxyl groups is 1. The first-order valence-electron chi connectivity index (χ1n) is 10.8. The van der Waals surface area contributed by atoms with Crippen LogP contribution in [-0.4, -0.2) is 58.6 Å². The number of carbonyl (C=O) groups is 1. The number of rotatable bonds is 2. The second kappa shape index (κ2) is 7.27. The monoisotopic (exact) mass is 420 g/mol. The molecule has 3 atom stereocenters. The zero-order valence-electron chi connectivity index (χ0n) is 18.1. The number of phenolic OH excluding ortho intramolecular Hbond substituents is 1. The Morgan fingerprint density at radius 3 is 2.94 bits per heavy atom. The first-order chi connectivity index (χ1) is 14.9. The average Bonchev–Trinajstić information content (AvgIpc) is 3.11. The lowest BCUT2D eigenvalue weighted by atomic mass is 9.64. The maximum absolute atomic E-state index is 13.3. The number of nitrogens with zero attached hydrogens (tertiary/aromatic N) is 3. The third-order valence-corrected chi connectivity index (χ3v) is 7.17. The Morgan fingerprint density at radius 2 is 2.13 bits per heavy atom. The number of fused-ring (bicyclic) bond motifs is 5. The Labute approximate surface area is 181 Å². The second-order valence-corrected chi connectivity index (χ2v) is 9.09. The molecule has 2 heterocycles. The fraction of sp³-hybridized carbons (Fsp3) is 0.417. The number of anilines is 1. The highest BCUT2D eigenvalue weighted by atomic mass is 16.4. The van der Waals surface area contributed by atoms with Crippen LogP contribution in [0, 0.1) is 0 Å². The van der Waals surface area contributed by atoms with Crippen LogP contribution < -0.4 is 5.32 Å². The van der Waals surface area contributed by atoms with Crippen molar-refractivity contribution < 1.29 is 14.3 Å². The normalized spacial score (nSPS) is 25.6. The Hall–Kier alpha value is -3.06. The minimum atomic E-state index is -0.269. The highest BCUT2D eigenvalue weighted by molar-refractivity contribution is 5.89. The summed E-state index contributed by atoms with van der Waals surface area (Å²) >= 11 is 0. The number of hydrogen-bond donors (Lipinski definition) is 2. The summed E-state index contributed by atoms with van der Waals surface area (Å²) in [7, 11) is 3.99. The number of likely N-dealkylation sites (N-methyl/N-ethyl adjacent to an activating group) is 2. The van der Waals surface area contributed by atoms with E-state index in [0.717, 1.165) is 31.4 Å². The van der Waals surface area contributed by atoms with Crippen molar-refractivity contribution in [1.82, 2.24) is 14.8 Å². The van der Waals surface area contributed by atoms with Gasteiger partial charge in [0.05, 0.1) is 6.04 Å². The van der Waals surface area contributed by atoms with E-state index in [1.807, 2.05) is 43.4 Å². The number of benzene rings is 2. The van der Waals surface area contributed by atoms with Crippen molar-refractivity contribution >= 4 is 23.1 Å². The molecule has 1 saturated heterocycles. The molecule has 0 unspecified atom stereocenters. The molecule has 31 heavy (non-hydrogen) atoms. The van der Waals surface area contributed by atoms with E-state index in [1.165, 1.54) is 5.56 Å². The van der Waals surface area contributed by atoms with Gasteiger partial charge in [-0.3, -0.25) is 5.32 Å². The summed E-state index contributed by atoms with van der Waals surface area (Å²) in [5.74, 6) is 0.272. The maximum Gasteiger partial charge on any atom is 0.325 e. The van der Waals surface area contributed by atoms with Crippen LogP contribution in [0.3, 0.4) is 0 Å². The van der Waals surface area contributed by atoms with E-state index >= 15 is 0 Å². The van der Waals surface area contributed by atoms with E-state index in [1.54, 1.807) is 11.0 Å². The lowest BCUT2D eigenvalue weighted by Crippen LogP contribution is -2.62. The highest BCUT2D eigenvalue weighted by Gasteiger charge is 2.51. The molecule has 162 valence electrons. The number of aromatic nitrogens is 1. The summed E-state index contributed by atoms with van der Waals surface area (Å²) < 4.78 is 5.70. The molecule has 1 fully saturated rings. The zero-order valence-corrected chi connectivity index (χ0v) is 18.1. The summed E-state index contributed by atoms with van der Waals surface area (Å²) in [5, 5.41) is 13.0. The van der Waals surface area contributed by atoms with Crippen LogP contribution in [0.15, 0.2) is 46.9 Å². The lowest BCUT2D eigenvalue weighted by Gasteiger charge is -2.51. The molecule has 3 aromatic rings. The summed E-state index contributed by atoms with van der Waals surface area (Å²) in [5.41, 5.74) is 3.48. The Balaban J connectivity index is 1.50. The van der Waals surface area contributed by atoms with Crippen molar-refractivity contribution in [1.29, 1.82) is 0 Å². The minimum Gasteiger partial charge on any atom is -0.508 e. The molecular weight excluding hydrogens is 392 g/mol. The maximum atomic E-state index is 13.3. The molecule has 0 radical (unpaired) electrons. The van der Waals surface area contributed by atoms with Gasteiger partial charge in [0.2, 0.25) is 0 Å². The molecule has 7 nitrogen and oxygen atoms in total. The number of phenols is 1. The molecule has 0 saturated carbocycles. The number of nitrogens with one attached hydrogen (secondary N) is 1. The van der Waals surface area contributed by atoms with Gasteiger partial charge in [0, 0.05) is 18.5 Å². The number of urea groups is 1. The molecule has 0 spiro atoms. The van der Waals surface area contributed by atoms with E-state index in [0.29, 0.717) is 11.1 Å². The molecule has 1 aromatic heterocycles. The van der Waals surface area contributed by atoms with Crippen LogP contribution in [0.4, 0.5) is 10.8 Å². The van der Waals surface area contributed by atoms with Crippen LogP contribution in [0.5, 0.6) is 5.75 Å². The van der Waals surface area contributed by atoms with Gasteiger partial charge >= 0.3 is 12.0 Å². The van der Waals surface area contributed by atoms with Gasteiger partial charge in [0.1, 0.15) is 11.3 Å². The molecule has 2 N–H and O–H groups in total. The minimum absolute atomic E-state index is 0.0568. The van der Waals surface area contributed by atoms with Gasteiger partial charge in [-0.25, -0.2) is 4.79 Å². The fourth-order valence-corrected chi connectivity index (χ4v) is 5.65. The molecule has 2 bridgehead atoms. The van der Waals surface area contributed by atoms with Crippen LogP contribution in [0.25, 0.3) is 11.1 Å². The Bertz CT molecular complexity index is 1110. The van der Waals surface area contributed by atoms with Crippen LogP contribution in [-0.2, 0) is 11.8 Å². The van der Waals surface area contributed by atoms with Crippen molar-refractivity contribution in [2.75, 3.05) is 26.0 Å². The summed E-state index contributed by atoms with van der Waals surface area (Å²) in [6.45, 7) is 3.21. The highest BCUT2D eigenvalue weighted by Crippen LogP contribution is 2.47. The number of carbonyl (C=O) groups excluding carboxylic acids is 1. The van der Waals surface area contributed by atoms with Crippen molar-refractivity contribution in [3.8, 4) is 5.75 Å². The number of hydrogen-bond acceptors (Lipinski definition) is 5. The molecule has 1 aliphatic heterocycles. The van der Waals surface area contributed by atoms with Gasteiger partial charge < -0.3 is 19.3 Å². The van der Waals surface area contributed by atoms with Gasteiger partial charge in [0.25, 0.3) is 0 Å². The van der Waals surface area contributed by atoms with Gasteiger partial charge in [-0.2, -0.15) is 4.98 Å². The SMILES string of the molecule is CN1CCC[C@@]2(C)c3cc(O)ccc3C[C@@H]1[C@@H]2N(C)C(=O)Nc1nc2ccccc2o1. The molecule has 2 aromatic carbocycles. The summed E-state index contributed by atoms with van der Waals surface area (Å²) in [4.78, 5) is 21.9. The smallest absolute Gasteiger partial charge is 0.325 e. The van der Waals surface area contributed by atoms with Gasteiger partial charge in [0.15, 0.2) is 5.58 Å². The van der Waals surface area contributed by atoms with Crippen LogP contribution in [0.1, 0.15) is 30.9 Å². The molecule has 7 heteroatoms. The molecule has 2 aliphatic rings. The van der Waals surface area contributed by atoms with E-state index in [-0.39, 0.29) is 35.3 Å². The molecule has 5 rings (SSSR count). The zero-order chi connectivity index (χ0) is 21.8. The number of para-hydroxylation sites is 2. The quantitative estimate of drug-likeness (QED) is 0.656. The lowest BCUT2D eigenvalue weighted by molar-refractivity contribution is 0.0881.